The summed E-state index contributed by atoms with van der Waals surface area (Å²) in [6.07, 6.45) is 3.13. The van der Waals surface area contributed by atoms with Crippen LogP contribution in [0.1, 0.15) is 31.1 Å². The molecule has 0 radical (unpaired) electrons. The first-order valence-corrected chi connectivity index (χ1v) is 5.69. The van der Waals surface area contributed by atoms with E-state index in [0.29, 0.717) is 5.56 Å². The van der Waals surface area contributed by atoms with Crippen LogP contribution in [-0.2, 0) is 0 Å². The van der Waals surface area contributed by atoms with Gasteiger partial charge in [0.2, 0.25) is 0 Å². The third kappa shape index (κ3) is 3.53. The van der Waals surface area contributed by atoms with Crippen molar-refractivity contribution in [2.45, 2.75) is 26.3 Å². The summed E-state index contributed by atoms with van der Waals surface area (Å²) in [7, 11) is 0. The van der Waals surface area contributed by atoms with Crippen molar-refractivity contribution in [3.8, 4) is 0 Å². The molecule has 92 valence electrons. The molecule has 0 aromatic carbocycles. The van der Waals surface area contributed by atoms with Crippen molar-refractivity contribution < 1.29 is 4.79 Å². The Kier molecular flexibility index (Phi) is 4.23. The zero-order chi connectivity index (χ0) is 13.1. The van der Waals surface area contributed by atoms with Crippen LogP contribution in [0.15, 0.2) is 24.5 Å². The molecule has 1 aromatic rings. The van der Waals surface area contributed by atoms with E-state index in [1.807, 2.05) is 20.8 Å². The lowest BCUT2D eigenvalue weighted by Crippen LogP contribution is -2.49. The lowest BCUT2D eigenvalue weighted by molar-refractivity contribution is 0.0901. The summed E-state index contributed by atoms with van der Waals surface area (Å²) in [5, 5.41) is 10.3. The van der Waals surface area contributed by atoms with Crippen LogP contribution >= 0.6 is 11.6 Å². The van der Waals surface area contributed by atoms with Crippen LogP contribution in [0, 0.1) is 11.3 Å². The third-order valence-corrected chi connectivity index (χ3v) is 3.17. The van der Waals surface area contributed by atoms with Crippen LogP contribution < -0.4 is 5.32 Å². The van der Waals surface area contributed by atoms with E-state index in [0.717, 1.165) is 0 Å². The van der Waals surface area contributed by atoms with Crippen LogP contribution in [-0.4, -0.2) is 21.6 Å². The molecule has 0 saturated carbocycles. The maximum Gasteiger partial charge on any atom is 0.251 e. The summed E-state index contributed by atoms with van der Waals surface area (Å²) in [6.45, 7) is 5.49. The molecule has 5 heteroatoms. The predicted molar refractivity (Wildman–Crippen MR) is 68.5 cm³/mol. The van der Waals surface area contributed by atoms with Gasteiger partial charge in [-0.1, -0.05) is 18.5 Å². The Hall–Kier alpha value is -1.42. The highest BCUT2D eigenvalue weighted by Gasteiger charge is 2.30. The highest BCUT2D eigenvalue weighted by molar-refractivity contribution is 6.65. The van der Waals surface area contributed by atoms with Crippen LogP contribution in [0.5, 0.6) is 0 Å². The van der Waals surface area contributed by atoms with E-state index in [1.165, 1.54) is 0 Å². The molecule has 1 rings (SSSR count). The minimum atomic E-state index is -0.570. The maximum absolute atomic E-state index is 11.9. The van der Waals surface area contributed by atoms with Gasteiger partial charge in [0.25, 0.3) is 5.91 Å². The summed E-state index contributed by atoms with van der Waals surface area (Å²) in [4.78, 5) is 15.8. The summed E-state index contributed by atoms with van der Waals surface area (Å²) >= 11 is 5.66. The number of amides is 1. The van der Waals surface area contributed by atoms with E-state index in [2.05, 4.69) is 10.3 Å². The SMILES string of the molecule is CC(C(=N)Cl)C(C)(C)NC(=O)c1ccncc1. The van der Waals surface area contributed by atoms with E-state index in [4.69, 9.17) is 17.0 Å². The Morgan fingerprint density at radius 3 is 2.47 bits per heavy atom. The van der Waals surface area contributed by atoms with Gasteiger partial charge in [-0.3, -0.25) is 15.2 Å². The fourth-order valence-corrected chi connectivity index (χ4v) is 1.57. The molecule has 17 heavy (non-hydrogen) atoms. The molecule has 1 aromatic heterocycles. The average Bonchev–Trinajstić information content (AvgIpc) is 2.28. The maximum atomic E-state index is 11.9. The molecule has 1 amide bonds. The molecule has 1 unspecified atom stereocenters. The minimum absolute atomic E-state index is 0.0324. The molecule has 2 N–H and O–H groups in total. The predicted octanol–water partition coefficient (Wildman–Crippen LogP) is 2.44. The number of hydrogen-bond acceptors (Lipinski definition) is 3. The molecule has 0 aliphatic carbocycles. The van der Waals surface area contributed by atoms with Gasteiger partial charge in [-0.2, -0.15) is 0 Å². The Morgan fingerprint density at radius 1 is 1.47 bits per heavy atom. The van der Waals surface area contributed by atoms with Gasteiger partial charge in [0.15, 0.2) is 0 Å². The van der Waals surface area contributed by atoms with E-state index in [-0.39, 0.29) is 17.0 Å². The van der Waals surface area contributed by atoms with E-state index < -0.39 is 5.54 Å². The fourth-order valence-electron chi connectivity index (χ4n) is 1.29. The third-order valence-electron chi connectivity index (χ3n) is 2.84. The van der Waals surface area contributed by atoms with E-state index in [9.17, 15) is 4.79 Å². The monoisotopic (exact) mass is 253 g/mol. The van der Waals surface area contributed by atoms with Crippen LogP contribution in [0.3, 0.4) is 0 Å². The molecule has 1 heterocycles. The van der Waals surface area contributed by atoms with Crippen molar-refractivity contribution in [3.05, 3.63) is 30.1 Å². The summed E-state index contributed by atoms with van der Waals surface area (Å²) in [6, 6.07) is 3.28. The quantitative estimate of drug-likeness (QED) is 0.810. The van der Waals surface area contributed by atoms with Gasteiger partial charge < -0.3 is 5.32 Å². The molecule has 4 nitrogen and oxygen atoms in total. The van der Waals surface area contributed by atoms with E-state index in [1.54, 1.807) is 24.5 Å². The molecule has 0 aliphatic heterocycles. The van der Waals surface area contributed by atoms with Gasteiger partial charge in [0.1, 0.15) is 5.17 Å². The van der Waals surface area contributed by atoms with Crippen LogP contribution in [0.25, 0.3) is 0 Å². The van der Waals surface area contributed by atoms with Crippen molar-refractivity contribution >= 4 is 22.7 Å². The highest BCUT2D eigenvalue weighted by atomic mass is 35.5. The van der Waals surface area contributed by atoms with Gasteiger partial charge >= 0.3 is 0 Å². The lowest BCUT2D eigenvalue weighted by Gasteiger charge is -2.31. The molecule has 0 aliphatic rings. The Balaban J connectivity index is 2.78. The second-order valence-electron chi connectivity index (χ2n) is 4.48. The fraction of sp³-hybridized carbons (Fsp3) is 0.417. The van der Waals surface area contributed by atoms with Crippen LogP contribution in [0.2, 0.25) is 0 Å². The number of carbonyl (C=O) groups is 1. The largest absolute Gasteiger partial charge is 0.346 e. The van der Waals surface area contributed by atoms with Gasteiger partial charge in [0.05, 0.1) is 0 Å². The van der Waals surface area contributed by atoms with Crippen LogP contribution in [0.4, 0.5) is 0 Å². The molecular formula is C12H16ClN3O. The van der Waals surface area contributed by atoms with Crippen molar-refractivity contribution in [3.63, 3.8) is 0 Å². The van der Waals surface area contributed by atoms with E-state index >= 15 is 0 Å². The number of carbonyl (C=O) groups excluding carboxylic acids is 1. The first-order chi connectivity index (χ1) is 7.84. The summed E-state index contributed by atoms with van der Waals surface area (Å²) in [5.74, 6) is -0.433. The molecule has 0 saturated heterocycles. The van der Waals surface area contributed by atoms with Gasteiger partial charge in [0, 0.05) is 29.4 Å². The number of nitrogens with one attached hydrogen (secondary N) is 2. The molecular weight excluding hydrogens is 238 g/mol. The van der Waals surface area contributed by atoms with Crippen molar-refractivity contribution in [1.82, 2.24) is 10.3 Å². The number of nitrogens with zero attached hydrogens (tertiary/aromatic N) is 1. The van der Waals surface area contributed by atoms with Crippen molar-refractivity contribution in [2.24, 2.45) is 5.92 Å². The zero-order valence-electron chi connectivity index (χ0n) is 10.1. The first-order valence-electron chi connectivity index (χ1n) is 5.31. The second kappa shape index (κ2) is 5.27. The van der Waals surface area contributed by atoms with Gasteiger partial charge in [-0.05, 0) is 26.0 Å². The van der Waals surface area contributed by atoms with Gasteiger partial charge in [-0.15, -0.1) is 0 Å². The first kappa shape index (κ1) is 13.6. The normalized spacial score (nSPS) is 12.9. The Morgan fingerprint density at radius 2 is 2.00 bits per heavy atom. The van der Waals surface area contributed by atoms with Crippen molar-refractivity contribution in [1.29, 1.82) is 5.41 Å². The Labute approximate surface area is 106 Å². The Bertz CT molecular complexity index is 417. The minimum Gasteiger partial charge on any atom is -0.346 e. The number of aromatic nitrogens is 1. The lowest BCUT2D eigenvalue weighted by atomic mass is 9.89. The summed E-state index contributed by atoms with van der Waals surface area (Å²) < 4.78 is 0. The number of hydrogen-bond donors (Lipinski definition) is 2. The van der Waals surface area contributed by atoms with Crippen molar-refractivity contribution in [2.75, 3.05) is 0 Å². The summed E-state index contributed by atoms with van der Waals surface area (Å²) in [5.41, 5.74) is -0.0273. The zero-order valence-corrected chi connectivity index (χ0v) is 10.9. The van der Waals surface area contributed by atoms with Gasteiger partial charge in [-0.25, -0.2) is 0 Å². The highest BCUT2D eigenvalue weighted by Crippen LogP contribution is 2.19. The number of halogens is 1. The molecule has 1 atom stereocenters. The number of pyridine rings is 1. The average molecular weight is 254 g/mol. The number of rotatable bonds is 4. The smallest absolute Gasteiger partial charge is 0.251 e. The standard InChI is InChI=1S/C12H16ClN3O/c1-8(10(13)14)12(2,3)16-11(17)9-4-6-15-7-5-9/h4-8,14H,1-3H3,(H,16,17). The molecule has 0 spiro atoms. The topological polar surface area (TPSA) is 65.8 Å². The molecule has 0 fully saturated rings. The second-order valence-corrected chi connectivity index (χ2v) is 4.89. The molecule has 0 bridgehead atoms.